The van der Waals surface area contributed by atoms with Gasteiger partial charge in [0.1, 0.15) is 5.75 Å². The number of rotatable bonds is 7. The van der Waals surface area contributed by atoms with Crippen LogP contribution in [0.3, 0.4) is 0 Å². The minimum Gasteiger partial charge on any atom is -0.495 e. The zero-order chi connectivity index (χ0) is 25.3. The van der Waals surface area contributed by atoms with Crippen molar-refractivity contribution in [2.24, 2.45) is 5.92 Å². The van der Waals surface area contributed by atoms with Crippen molar-refractivity contribution < 1.29 is 22.7 Å². The fourth-order valence-electron chi connectivity index (χ4n) is 5.09. The Kier molecular flexibility index (Phi) is 7.19. The number of anilines is 2. The number of carbonyl (C=O) groups is 2. The molecule has 2 amide bonds. The monoisotopic (exact) mass is 499 g/mol. The number of aryl methyl sites for hydroxylation is 1. The number of ether oxygens (including phenoxy) is 1. The fraction of sp³-hybridized carbons (Fsp3) is 0.462. The zero-order valence-corrected chi connectivity index (χ0v) is 21.6. The standard InChI is InChI=1S/C26H33N3O5S/c1-5-27(6-2)35(32,33)21-12-10-20(11-13-21)29-17-19(16-24(29)30)26(31)28-15-7-8-22-18(3)9-14-23(34-4)25(22)28/h9-14,19H,5-8,15-17H2,1-4H3. The van der Waals surface area contributed by atoms with Gasteiger partial charge < -0.3 is 14.5 Å². The molecule has 1 unspecified atom stereocenters. The lowest BCUT2D eigenvalue weighted by atomic mass is 9.94. The van der Waals surface area contributed by atoms with Gasteiger partial charge in [-0.05, 0) is 61.2 Å². The summed E-state index contributed by atoms with van der Waals surface area (Å²) >= 11 is 0. The lowest BCUT2D eigenvalue weighted by Crippen LogP contribution is -2.41. The van der Waals surface area contributed by atoms with Gasteiger partial charge >= 0.3 is 0 Å². The second-order valence-electron chi connectivity index (χ2n) is 8.99. The molecule has 0 saturated carbocycles. The molecule has 8 nitrogen and oxygen atoms in total. The van der Waals surface area contributed by atoms with Crippen molar-refractivity contribution in [3.8, 4) is 5.75 Å². The molecule has 0 N–H and O–H groups in total. The van der Waals surface area contributed by atoms with Crippen LogP contribution in [0.5, 0.6) is 5.75 Å². The average molecular weight is 500 g/mol. The third-order valence-corrected chi connectivity index (χ3v) is 9.07. The summed E-state index contributed by atoms with van der Waals surface area (Å²) in [7, 11) is -1.97. The molecule has 4 rings (SSSR count). The minimum atomic E-state index is -3.58. The Morgan fingerprint density at radius 3 is 2.43 bits per heavy atom. The highest BCUT2D eigenvalue weighted by Gasteiger charge is 2.39. The molecule has 9 heteroatoms. The lowest BCUT2D eigenvalue weighted by molar-refractivity contribution is -0.124. The summed E-state index contributed by atoms with van der Waals surface area (Å²) in [6.07, 6.45) is 1.87. The first-order valence-electron chi connectivity index (χ1n) is 12.1. The van der Waals surface area contributed by atoms with E-state index in [4.69, 9.17) is 4.74 Å². The number of sulfonamides is 1. The second kappa shape index (κ2) is 9.99. The Morgan fingerprint density at radius 2 is 1.80 bits per heavy atom. The molecule has 35 heavy (non-hydrogen) atoms. The molecule has 2 aromatic carbocycles. The molecule has 2 aliphatic heterocycles. The van der Waals surface area contributed by atoms with Crippen molar-refractivity contribution in [2.45, 2.75) is 44.9 Å². The van der Waals surface area contributed by atoms with Gasteiger partial charge in [-0.3, -0.25) is 9.59 Å². The van der Waals surface area contributed by atoms with Crippen molar-refractivity contribution >= 4 is 33.2 Å². The lowest BCUT2D eigenvalue weighted by Gasteiger charge is -2.33. The van der Waals surface area contributed by atoms with Crippen molar-refractivity contribution in [1.29, 1.82) is 0 Å². The quantitative estimate of drug-likeness (QED) is 0.583. The summed E-state index contributed by atoms with van der Waals surface area (Å²) in [4.78, 5) is 30.0. The maximum absolute atomic E-state index is 13.6. The zero-order valence-electron chi connectivity index (χ0n) is 20.8. The first kappa shape index (κ1) is 25.2. The van der Waals surface area contributed by atoms with E-state index in [1.165, 1.54) is 16.4 Å². The molecule has 0 spiro atoms. The average Bonchev–Trinajstić information content (AvgIpc) is 3.26. The Labute approximate surface area is 207 Å². The third kappa shape index (κ3) is 4.54. The van der Waals surface area contributed by atoms with Gasteiger partial charge in [-0.2, -0.15) is 4.31 Å². The molecule has 0 radical (unpaired) electrons. The van der Waals surface area contributed by atoms with E-state index in [0.717, 1.165) is 29.7 Å². The van der Waals surface area contributed by atoms with Gasteiger partial charge in [-0.1, -0.05) is 19.9 Å². The predicted octanol–water partition coefficient (Wildman–Crippen LogP) is 3.37. The van der Waals surface area contributed by atoms with Gasteiger partial charge in [0.25, 0.3) is 0 Å². The number of carbonyl (C=O) groups excluding carboxylic acids is 2. The SMILES string of the molecule is CCN(CC)S(=O)(=O)c1ccc(N2CC(C(=O)N3CCCc4c(C)ccc(OC)c43)CC2=O)cc1. The van der Waals surface area contributed by atoms with Gasteiger partial charge in [0.05, 0.1) is 23.6 Å². The molecular formula is C26H33N3O5S. The molecule has 1 fully saturated rings. The predicted molar refractivity (Wildman–Crippen MR) is 135 cm³/mol. The first-order valence-corrected chi connectivity index (χ1v) is 13.5. The van der Waals surface area contributed by atoms with Crippen LogP contribution in [0.4, 0.5) is 11.4 Å². The van der Waals surface area contributed by atoms with Gasteiger partial charge in [0.15, 0.2) is 0 Å². The van der Waals surface area contributed by atoms with Crippen molar-refractivity contribution in [1.82, 2.24) is 4.31 Å². The van der Waals surface area contributed by atoms with Gasteiger partial charge in [0, 0.05) is 38.3 Å². The molecule has 0 aliphatic carbocycles. The largest absolute Gasteiger partial charge is 0.495 e. The van der Waals surface area contributed by atoms with Crippen LogP contribution in [0.1, 0.15) is 37.8 Å². The van der Waals surface area contributed by atoms with Gasteiger partial charge in [0.2, 0.25) is 21.8 Å². The molecule has 188 valence electrons. The van der Waals surface area contributed by atoms with E-state index >= 15 is 0 Å². The maximum Gasteiger partial charge on any atom is 0.243 e. The van der Waals surface area contributed by atoms with Gasteiger partial charge in [-0.25, -0.2) is 8.42 Å². The van der Waals surface area contributed by atoms with E-state index in [0.29, 0.717) is 31.1 Å². The van der Waals surface area contributed by atoms with E-state index in [2.05, 4.69) is 0 Å². The number of benzene rings is 2. The van der Waals surface area contributed by atoms with E-state index < -0.39 is 15.9 Å². The van der Waals surface area contributed by atoms with Crippen molar-refractivity contribution in [3.05, 3.63) is 47.5 Å². The summed E-state index contributed by atoms with van der Waals surface area (Å²) < 4.78 is 32.5. The molecule has 0 bridgehead atoms. The van der Waals surface area contributed by atoms with Crippen LogP contribution in [-0.2, 0) is 26.0 Å². The summed E-state index contributed by atoms with van der Waals surface area (Å²) in [5.74, 6) is -0.0230. The van der Waals surface area contributed by atoms with Crippen molar-refractivity contribution in [3.63, 3.8) is 0 Å². The van der Waals surface area contributed by atoms with Crippen LogP contribution >= 0.6 is 0 Å². The highest BCUT2D eigenvalue weighted by atomic mass is 32.2. The Bertz CT molecular complexity index is 1220. The number of fused-ring (bicyclic) bond motifs is 1. The first-order chi connectivity index (χ1) is 16.7. The summed E-state index contributed by atoms with van der Waals surface area (Å²) in [6, 6.07) is 10.2. The highest BCUT2D eigenvalue weighted by molar-refractivity contribution is 7.89. The fourth-order valence-corrected chi connectivity index (χ4v) is 6.55. The smallest absolute Gasteiger partial charge is 0.243 e. The number of methoxy groups -OCH3 is 1. The molecule has 1 atom stereocenters. The van der Waals surface area contributed by atoms with E-state index in [1.54, 1.807) is 42.9 Å². The molecule has 1 saturated heterocycles. The summed E-state index contributed by atoms with van der Waals surface area (Å²) in [5.41, 5.74) is 3.66. The molecular weight excluding hydrogens is 466 g/mol. The highest BCUT2D eigenvalue weighted by Crippen LogP contribution is 2.40. The number of nitrogens with zero attached hydrogens (tertiary/aromatic N) is 3. The molecule has 2 heterocycles. The molecule has 2 aliphatic rings. The van der Waals surface area contributed by atoms with Crippen LogP contribution in [0, 0.1) is 12.8 Å². The Morgan fingerprint density at radius 1 is 1.11 bits per heavy atom. The van der Waals surface area contributed by atoms with Crippen LogP contribution < -0.4 is 14.5 Å². The number of hydrogen-bond donors (Lipinski definition) is 0. The molecule has 0 aromatic heterocycles. The molecule has 2 aromatic rings. The minimum absolute atomic E-state index is 0.0774. The van der Waals surface area contributed by atoms with Crippen molar-refractivity contribution in [2.75, 3.05) is 43.1 Å². The Hall–Kier alpha value is -2.91. The van der Waals surface area contributed by atoms with Crippen LogP contribution in [0.2, 0.25) is 0 Å². The topological polar surface area (TPSA) is 87.2 Å². The van der Waals surface area contributed by atoms with Crippen LogP contribution in [-0.4, -0.2) is 57.8 Å². The number of hydrogen-bond acceptors (Lipinski definition) is 5. The van der Waals surface area contributed by atoms with E-state index in [1.807, 2.05) is 19.1 Å². The second-order valence-corrected chi connectivity index (χ2v) is 10.9. The van der Waals surface area contributed by atoms with E-state index in [9.17, 15) is 18.0 Å². The van der Waals surface area contributed by atoms with Crippen LogP contribution in [0.25, 0.3) is 0 Å². The van der Waals surface area contributed by atoms with E-state index in [-0.39, 0.29) is 29.7 Å². The normalized spacial score (nSPS) is 18.2. The summed E-state index contributed by atoms with van der Waals surface area (Å²) in [6.45, 7) is 7.27. The maximum atomic E-state index is 13.6. The number of amides is 2. The Balaban J connectivity index is 1.55. The van der Waals surface area contributed by atoms with Gasteiger partial charge in [-0.15, -0.1) is 0 Å². The van der Waals surface area contributed by atoms with Crippen LogP contribution in [0.15, 0.2) is 41.3 Å². The third-order valence-electron chi connectivity index (χ3n) is 7.01. The summed E-state index contributed by atoms with van der Waals surface area (Å²) in [5, 5.41) is 0.